The highest BCUT2D eigenvalue weighted by atomic mass is 79.9. The van der Waals surface area contributed by atoms with Gasteiger partial charge >= 0.3 is 5.97 Å². The zero-order valence-electron chi connectivity index (χ0n) is 8.02. The molecule has 15 heavy (non-hydrogen) atoms. The molecule has 0 radical (unpaired) electrons. The highest BCUT2D eigenvalue weighted by Gasteiger charge is 2.12. The van der Waals surface area contributed by atoms with Crippen molar-refractivity contribution in [3.05, 3.63) is 32.8 Å². The topological polar surface area (TPSA) is 26.3 Å². The summed E-state index contributed by atoms with van der Waals surface area (Å²) in [7, 11) is 0. The Morgan fingerprint density at radius 3 is 2.73 bits per heavy atom. The molecule has 0 aromatic heterocycles. The van der Waals surface area contributed by atoms with E-state index >= 15 is 0 Å². The van der Waals surface area contributed by atoms with Crippen LogP contribution in [-0.4, -0.2) is 12.6 Å². The van der Waals surface area contributed by atoms with E-state index in [0.29, 0.717) is 27.0 Å². The number of benzene rings is 1. The molecule has 0 spiro atoms. The van der Waals surface area contributed by atoms with Crippen molar-refractivity contribution < 1.29 is 9.53 Å². The summed E-state index contributed by atoms with van der Waals surface area (Å²) in [6.07, 6.45) is 0. The zero-order valence-corrected chi connectivity index (χ0v) is 11.9. The van der Waals surface area contributed by atoms with E-state index in [1.54, 1.807) is 19.1 Å². The van der Waals surface area contributed by atoms with Gasteiger partial charge in [0, 0.05) is 9.80 Å². The molecule has 0 bridgehead atoms. The van der Waals surface area contributed by atoms with Crippen LogP contribution in [0.1, 0.15) is 22.8 Å². The van der Waals surface area contributed by atoms with E-state index in [4.69, 9.17) is 16.3 Å². The van der Waals surface area contributed by atoms with E-state index in [-0.39, 0.29) is 5.97 Å². The van der Waals surface area contributed by atoms with Crippen molar-refractivity contribution in [2.45, 2.75) is 12.3 Å². The molecular formula is C10H9Br2ClO2. The maximum absolute atomic E-state index is 11.5. The van der Waals surface area contributed by atoms with Crippen LogP contribution in [0.2, 0.25) is 5.02 Å². The molecule has 0 heterocycles. The Morgan fingerprint density at radius 2 is 2.20 bits per heavy atom. The summed E-state index contributed by atoms with van der Waals surface area (Å²) in [6.45, 7) is 2.14. The van der Waals surface area contributed by atoms with Crippen molar-refractivity contribution in [2.75, 3.05) is 6.61 Å². The fraction of sp³-hybridized carbons (Fsp3) is 0.300. The highest BCUT2D eigenvalue weighted by molar-refractivity contribution is 9.10. The number of hydrogen-bond donors (Lipinski definition) is 0. The lowest BCUT2D eigenvalue weighted by atomic mass is 10.1. The largest absolute Gasteiger partial charge is 0.462 e. The fourth-order valence-corrected chi connectivity index (χ4v) is 2.36. The van der Waals surface area contributed by atoms with Gasteiger partial charge in [-0.1, -0.05) is 27.5 Å². The Morgan fingerprint density at radius 1 is 1.53 bits per heavy atom. The van der Waals surface area contributed by atoms with Gasteiger partial charge in [0.15, 0.2) is 0 Å². The molecule has 0 amide bonds. The second-order valence-electron chi connectivity index (χ2n) is 2.79. The minimum Gasteiger partial charge on any atom is -0.462 e. The third kappa shape index (κ3) is 3.20. The maximum Gasteiger partial charge on any atom is 0.338 e. The average Bonchev–Trinajstić information content (AvgIpc) is 2.22. The lowest BCUT2D eigenvalue weighted by Gasteiger charge is -2.07. The molecule has 5 heteroatoms. The van der Waals surface area contributed by atoms with Crippen molar-refractivity contribution in [2.24, 2.45) is 0 Å². The van der Waals surface area contributed by atoms with E-state index in [2.05, 4.69) is 31.9 Å². The normalized spacial score (nSPS) is 10.1. The summed E-state index contributed by atoms with van der Waals surface area (Å²) in [4.78, 5) is 11.5. The number of halogens is 3. The number of ether oxygens (including phenoxy) is 1. The van der Waals surface area contributed by atoms with Gasteiger partial charge < -0.3 is 4.74 Å². The summed E-state index contributed by atoms with van der Waals surface area (Å²) in [6, 6.07) is 3.38. The van der Waals surface area contributed by atoms with E-state index in [9.17, 15) is 4.79 Å². The van der Waals surface area contributed by atoms with Crippen molar-refractivity contribution in [3.8, 4) is 0 Å². The molecule has 0 atom stereocenters. The first kappa shape index (κ1) is 13.0. The van der Waals surface area contributed by atoms with Crippen LogP contribution >= 0.6 is 43.5 Å². The van der Waals surface area contributed by atoms with Crippen LogP contribution in [0.25, 0.3) is 0 Å². The third-order valence-electron chi connectivity index (χ3n) is 1.76. The standard InChI is InChI=1S/C10H9Br2ClO2/c1-2-15-10(14)6-3-7(5-11)9(13)8(12)4-6/h3-4H,2,5H2,1H3. The van der Waals surface area contributed by atoms with Crippen LogP contribution in [-0.2, 0) is 10.1 Å². The van der Waals surface area contributed by atoms with Gasteiger partial charge in [0.1, 0.15) is 0 Å². The summed E-state index contributed by atoms with van der Waals surface area (Å²) >= 11 is 12.6. The first-order valence-electron chi connectivity index (χ1n) is 4.31. The number of alkyl halides is 1. The molecule has 1 aromatic rings. The van der Waals surface area contributed by atoms with Crippen LogP contribution in [0.15, 0.2) is 16.6 Å². The highest BCUT2D eigenvalue weighted by Crippen LogP contribution is 2.29. The second-order valence-corrected chi connectivity index (χ2v) is 4.58. The second kappa shape index (κ2) is 5.87. The van der Waals surface area contributed by atoms with Crippen LogP contribution in [0, 0.1) is 0 Å². The van der Waals surface area contributed by atoms with Gasteiger partial charge in [0.25, 0.3) is 0 Å². The van der Waals surface area contributed by atoms with Gasteiger partial charge in [-0.15, -0.1) is 0 Å². The smallest absolute Gasteiger partial charge is 0.338 e. The van der Waals surface area contributed by atoms with E-state index in [1.807, 2.05) is 0 Å². The summed E-state index contributed by atoms with van der Waals surface area (Å²) < 4.78 is 5.60. The van der Waals surface area contributed by atoms with Crippen LogP contribution in [0.3, 0.4) is 0 Å². The number of rotatable bonds is 3. The molecule has 0 aliphatic carbocycles. The molecule has 0 saturated carbocycles. The molecule has 2 nitrogen and oxygen atoms in total. The van der Waals surface area contributed by atoms with Crippen molar-refractivity contribution in [1.82, 2.24) is 0 Å². The number of carbonyl (C=O) groups excluding carboxylic acids is 1. The van der Waals surface area contributed by atoms with Gasteiger partial charge in [0.05, 0.1) is 17.2 Å². The summed E-state index contributed by atoms with van der Waals surface area (Å²) in [5.41, 5.74) is 1.36. The predicted molar refractivity (Wildman–Crippen MR) is 67.7 cm³/mol. The number of carbonyl (C=O) groups is 1. The van der Waals surface area contributed by atoms with Crippen molar-refractivity contribution in [1.29, 1.82) is 0 Å². The number of esters is 1. The molecule has 82 valence electrons. The zero-order chi connectivity index (χ0) is 11.4. The molecular weight excluding hydrogens is 347 g/mol. The lowest BCUT2D eigenvalue weighted by Crippen LogP contribution is -2.05. The minimum absolute atomic E-state index is 0.336. The molecule has 0 aliphatic heterocycles. The summed E-state index contributed by atoms with van der Waals surface area (Å²) in [5.74, 6) is -0.336. The molecule has 0 aliphatic rings. The minimum atomic E-state index is -0.336. The molecule has 0 saturated heterocycles. The van der Waals surface area contributed by atoms with Crippen LogP contribution in [0.5, 0.6) is 0 Å². The molecule has 0 unspecified atom stereocenters. The van der Waals surface area contributed by atoms with E-state index in [1.165, 1.54) is 0 Å². The predicted octanol–water partition coefficient (Wildman–Crippen LogP) is 4.17. The first-order valence-corrected chi connectivity index (χ1v) is 6.60. The average molecular weight is 356 g/mol. The van der Waals surface area contributed by atoms with Gasteiger partial charge in [-0.2, -0.15) is 0 Å². The first-order chi connectivity index (χ1) is 7.10. The Kier molecular flexibility index (Phi) is 5.09. The Balaban J connectivity index is 3.10. The van der Waals surface area contributed by atoms with Crippen molar-refractivity contribution in [3.63, 3.8) is 0 Å². The van der Waals surface area contributed by atoms with Crippen LogP contribution < -0.4 is 0 Å². The number of hydrogen-bond acceptors (Lipinski definition) is 2. The Bertz CT molecular complexity index is 380. The van der Waals surface area contributed by atoms with Crippen LogP contribution in [0.4, 0.5) is 0 Å². The van der Waals surface area contributed by atoms with Gasteiger partial charge in [0.2, 0.25) is 0 Å². The summed E-state index contributed by atoms with van der Waals surface area (Å²) in [5, 5.41) is 1.21. The lowest BCUT2D eigenvalue weighted by molar-refractivity contribution is 0.0526. The van der Waals surface area contributed by atoms with E-state index < -0.39 is 0 Å². The van der Waals surface area contributed by atoms with Gasteiger partial charge in [-0.05, 0) is 40.5 Å². The van der Waals surface area contributed by atoms with E-state index in [0.717, 1.165) is 5.56 Å². The Hall–Kier alpha value is -0.0600. The quantitative estimate of drug-likeness (QED) is 0.600. The monoisotopic (exact) mass is 354 g/mol. The molecule has 0 fully saturated rings. The molecule has 1 aromatic carbocycles. The molecule has 1 rings (SSSR count). The Labute approximate surface area is 110 Å². The van der Waals surface area contributed by atoms with Gasteiger partial charge in [-0.3, -0.25) is 0 Å². The fourth-order valence-electron chi connectivity index (χ4n) is 1.08. The van der Waals surface area contributed by atoms with Gasteiger partial charge in [-0.25, -0.2) is 4.79 Å². The SMILES string of the molecule is CCOC(=O)c1cc(Br)c(Cl)c(CBr)c1. The third-order valence-corrected chi connectivity index (χ3v) is 3.66. The molecule has 0 N–H and O–H groups in total. The maximum atomic E-state index is 11.5. The van der Waals surface area contributed by atoms with Crippen molar-refractivity contribution >= 4 is 49.4 Å².